The zero-order valence-electron chi connectivity index (χ0n) is 19.4. The lowest BCUT2D eigenvalue weighted by Crippen LogP contribution is -2.18. The number of unbranched alkanes of at least 4 members (excludes halogenated alkanes) is 10. The predicted octanol–water partition coefficient (Wildman–Crippen LogP) is 7.63. The van der Waals surface area contributed by atoms with Crippen molar-refractivity contribution in [1.29, 1.82) is 0 Å². The number of benzene rings is 1. The summed E-state index contributed by atoms with van der Waals surface area (Å²) >= 11 is 0. The fourth-order valence-electron chi connectivity index (χ4n) is 3.40. The zero-order valence-corrected chi connectivity index (χ0v) is 19.4. The molecule has 0 saturated carbocycles. The predicted molar refractivity (Wildman–Crippen MR) is 123 cm³/mol. The first kappa shape index (κ1) is 26.2. The second kappa shape index (κ2) is 16.9. The average molecular weight is 419 g/mol. The van der Waals surface area contributed by atoms with E-state index in [9.17, 15) is 9.59 Å². The van der Waals surface area contributed by atoms with Gasteiger partial charge in [-0.2, -0.15) is 0 Å². The van der Waals surface area contributed by atoms with E-state index in [1.165, 1.54) is 44.9 Å². The fourth-order valence-corrected chi connectivity index (χ4v) is 3.40. The first-order chi connectivity index (χ1) is 14.6. The molecule has 170 valence electrons. The van der Waals surface area contributed by atoms with Crippen LogP contribution in [-0.4, -0.2) is 11.9 Å². The molecule has 1 rings (SSSR count). The van der Waals surface area contributed by atoms with Gasteiger partial charge in [-0.25, -0.2) is 0 Å². The molecule has 0 heterocycles. The van der Waals surface area contributed by atoms with Crippen LogP contribution >= 0.6 is 0 Å². The largest absolute Gasteiger partial charge is 0.423 e. The minimum atomic E-state index is -0.269. The Kier molecular flexibility index (Phi) is 14.8. The molecule has 4 heteroatoms. The maximum Gasteiger partial charge on any atom is 0.314 e. The van der Waals surface area contributed by atoms with Crippen molar-refractivity contribution >= 4 is 11.9 Å². The van der Waals surface area contributed by atoms with Crippen LogP contribution in [0.25, 0.3) is 0 Å². The molecule has 1 aromatic rings. The first-order valence-corrected chi connectivity index (χ1v) is 12.1. The van der Waals surface area contributed by atoms with E-state index in [1.54, 1.807) is 24.3 Å². The van der Waals surface area contributed by atoms with Crippen LogP contribution in [0.4, 0.5) is 0 Å². The summed E-state index contributed by atoms with van der Waals surface area (Å²) in [7, 11) is 0. The molecular formula is C26H42O4. The Labute approximate surface area is 183 Å². The number of carbonyl (C=O) groups excluding carboxylic acids is 2. The Bertz CT molecular complexity index is 596. The van der Waals surface area contributed by atoms with Crippen molar-refractivity contribution in [3.05, 3.63) is 24.3 Å². The van der Waals surface area contributed by atoms with Gasteiger partial charge >= 0.3 is 11.9 Å². The molecule has 0 aliphatic carbocycles. The number of hydrogen-bond donors (Lipinski definition) is 0. The lowest BCUT2D eigenvalue weighted by atomic mass is 10.0. The van der Waals surface area contributed by atoms with Crippen molar-refractivity contribution in [3.8, 4) is 11.5 Å². The third-order valence-electron chi connectivity index (χ3n) is 5.41. The molecule has 0 aromatic heterocycles. The smallest absolute Gasteiger partial charge is 0.314 e. The second-order valence-corrected chi connectivity index (χ2v) is 8.32. The van der Waals surface area contributed by atoms with Gasteiger partial charge in [0.1, 0.15) is 0 Å². The molecule has 0 radical (unpaired) electrons. The summed E-state index contributed by atoms with van der Waals surface area (Å²) in [6.45, 7) is 6.31. The van der Waals surface area contributed by atoms with E-state index >= 15 is 0 Å². The molecule has 4 nitrogen and oxygen atoms in total. The minimum Gasteiger partial charge on any atom is -0.423 e. The summed E-state index contributed by atoms with van der Waals surface area (Å²) in [5.74, 6) is -0.0395. The minimum absolute atomic E-state index is 0.164. The normalized spacial score (nSPS) is 11.8. The number of rotatable bonds is 17. The number of para-hydroxylation sites is 2. The average Bonchev–Trinajstić information content (AvgIpc) is 2.74. The van der Waals surface area contributed by atoms with Crippen molar-refractivity contribution in [2.45, 2.75) is 111 Å². The molecule has 0 saturated heterocycles. The van der Waals surface area contributed by atoms with E-state index in [0.717, 1.165) is 38.5 Å². The molecule has 0 N–H and O–H groups in total. The van der Waals surface area contributed by atoms with Gasteiger partial charge in [-0.1, -0.05) is 104 Å². The molecule has 0 aliphatic heterocycles. The third kappa shape index (κ3) is 12.0. The van der Waals surface area contributed by atoms with Crippen molar-refractivity contribution in [2.75, 3.05) is 0 Å². The highest BCUT2D eigenvalue weighted by molar-refractivity contribution is 5.77. The molecule has 1 atom stereocenters. The fraction of sp³-hybridized carbons (Fsp3) is 0.692. The van der Waals surface area contributed by atoms with Crippen LogP contribution in [0.3, 0.4) is 0 Å². The van der Waals surface area contributed by atoms with Gasteiger partial charge in [-0.05, 0) is 25.0 Å². The lowest BCUT2D eigenvalue weighted by Gasteiger charge is -2.14. The van der Waals surface area contributed by atoms with Crippen LogP contribution in [0, 0.1) is 5.92 Å². The lowest BCUT2D eigenvalue weighted by molar-refractivity contribution is -0.140. The van der Waals surface area contributed by atoms with Gasteiger partial charge in [-0.3, -0.25) is 9.59 Å². The molecule has 0 fully saturated rings. The molecule has 1 unspecified atom stereocenters. The van der Waals surface area contributed by atoms with E-state index in [2.05, 4.69) is 13.8 Å². The maximum absolute atomic E-state index is 12.5. The van der Waals surface area contributed by atoms with Gasteiger partial charge < -0.3 is 9.47 Å². The van der Waals surface area contributed by atoms with Crippen LogP contribution in [0.2, 0.25) is 0 Å². The summed E-state index contributed by atoms with van der Waals surface area (Å²) in [5.41, 5.74) is 0. The zero-order chi connectivity index (χ0) is 22.0. The number of carbonyl (C=O) groups is 2. The van der Waals surface area contributed by atoms with Crippen LogP contribution in [0.15, 0.2) is 24.3 Å². The summed E-state index contributed by atoms with van der Waals surface area (Å²) in [4.78, 5) is 24.6. The third-order valence-corrected chi connectivity index (χ3v) is 5.41. The van der Waals surface area contributed by atoms with Gasteiger partial charge in [0.25, 0.3) is 0 Å². The maximum atomic E-state index is 12.5. The summed E-state index contributed by atoms with van der Waals surface area (Å²) in [6, 6.07) is 6.93. The monoisotopic (exact) mass is 418 g/mol. The van der Waals surface area contributed by atoms with Gasteiger partial charge in [0, 0.05) is 6.42 Å². The van der Waals surface area contributed by atoms with E-state index < -0.39 is 0 Å². The molecule has 1 aromatic carbocycles. The summed E-state index contributed by atoms with van der Waals surface area (Å²) < 4.78 is 11.0. The van der Waals surface area contributed by atoms with Gasteiger partial charge in [-0.15, -0.1) is 0 Å². The second-order valence-electron chi connectivity index (χ2n) is 8.32. The summed E-state index contributed by atoms with van der Waals surface area (Å²) in [6.07, 6.45) is 15.2. The van der Waals surface area contributed by atoms with E-state index in [0.29, 0.717) is 17.9 Å². The Hall–Kier alpha value is -1.84. The van der Waals surface area contributed by atoms with Crippen molar-refractivity contribution in [2.24, 2.45) is 5.92 Å². The Morgan fingerprint density at radius 3 is 1.83 bits per heavy atom. The van der Waals surface area contributed by atoms with Gasteiger partial charge in [0.05, 0.1) is 5.92 Å². The highest BCUT2D eigenvalue weighted by atomic mass is 16.6. The molecule has 0 amide bonds. The Morgan fingerprint density at radius 1 is 0.733 bits per heavy atom. The standard InChI is InChI=1S/C26H42O4/c1-4-6-8-10-12-14-18-22(3)26(28)30-24-20-17-16-19-23(24)29-25(27)21-15-13-11-9-7-5-2/h16-17,19-20,22H,4-15,18,21H2,1-3H3. The van der Waals surface area contributed by atoms with E-state index in [4.69, 9.17) is 9.47 Å². The van der Waals surface area contributed by atoms with Crippen LogP contribution in [-0.2, 0) is 9.59 Å². The number of ether oxygens (including phenoxy) is 2. The Morgan fingerprint density at radius 2 is 1.23 bits per heavy atom. The van der Waals surface area contributed by atoms with Crippen LogP contribution < -0.4 is 9.47 Å². The Balaban J connectivity index is 2.39. The molecule has 0 bridgehead atoms. The van der Waals surface area contributed by atoms with Crippen LogP contribution in [0.1, 0.15) is 111 Å². The number of hydrogen-bond acceptors (Lipinski definition) is 4. The molecule has 0 aliphatic rings. The van der Waals surface area contributed by atoms with Gasteiger partial charge in [0.15, 0.2) is 11.5 Å². The van der Waals surface area contributed by atoms with Crippen molar-refractivity contribution < 1.29 is 19.1 Å². The highest BCUT2D eigenvalue weighted by Crippen LogP contribution is 2.28. The topological polar surface area (TPSA) is 52.6 Å². The van der Waals surface area contributed by atoms with Crippen molar-refractivity contribution in [1.82, 2.24) is 0 Å². The SMILES string of the molecule is CCCCCCCCC(=O)Oc1ccccc1OC(=O)C(C)CCCCCCCC. The summed E-state index contributed by atoms with van der Waals surface area (Å²) in [5, 5.41) is 0. The highest BCUT2D eigenvalue weighted by Gasteiger charge is 2.18. The van der Waals surface area contributed by atoms with Crippen molar-refractivity contribution in [3.63, 3.8) is 0 Å². The molecule has 30 heavy (non-hydrogen) atoms. The van der Waals surface area contributed by atoms with Gasteiger partial charge in [0.2, 0.25) is 0 Å². The van der Waals surface area contributed by atoms with E-state index in [1.807, 2.05) is 6.92 Å². The molecule has 0 spiro atoms. The quantitative estimate of drug-likeness (QED) is 0.148. The van der Waals surface area contributed by atoms with E-state index in [-0.39, 0.29) is 17.9 Å². The van der Waals surface area contributed by atoms with Crippen LogP contribution in [0.5, 0.6) is 11.5 Å². The molecular weight excluding hydrogens is 376 g/mol. The number of esters is 2. The first-order valence-electron chi connectivity index (χ1n) is 12.1.